The van der Waals surface area contributed by atoms with Crippen molar-refractivity contribution in [3.8, 4) is 11.4 Å². The van der Waals surface area contributed by atoms with E-state index in [9.17, 15) is 9.90 Å². The first-order valence-corrected chi connectivity index (χ1v) is 9.44. The summed E-state index contributed by atoms with van der Waals surface area (Å²) < 4.78 is 0. The van der Waals surface area contributed by atoms with Crippen molar-refractivity contribution < 1.29 is 9.90 Å². The van der Waals surface area contributed by atoms with Crippen molar-refractivity contribution in [3.05, 3.63) is 47.5 Å². The smallest absolute Gasteiger partial charge is 0.146 e. The Labute approximate surface area is 168 Å². The van der Waals surface area contributed by atoms with Crippen LogP contribution in [0.4, 0.5) is 0 Å². The maximum absolute atomic E-state index is 11.1. The van der Waals surface area contributed by atoms with E-state index in [1.54, 1.807) is 12.3 Å². The van der Waals surface area contributed by atoms with Crippen LogP contribution in [0.1, 0.15) is 44.7 Å². The van der Waals surface area contributed by atoms with E-state index in [0.29, 0.717) is 18.5 Å². The molecular formula is C21H22N6O2. The molecule has 8 heteroatoms. The summed E-state index contributed by atoms with van der Waals surface area (Å²) in [6, 6.07) is 11.2. The Balaban J connectivity index is 1.96. The van der Waals surface area contributed by atoms with Gasteiger partial charge in [0.05, 0.1) is 6.21 Å². The third kappa shape index (κ3) is 3.30. The monoisotopic (exact) mass is 390 g/mol. The van der Waals surface area contributed by atoms with Gasteiger partial charge in [-0.15, -0.1) is 20.1 Å². The lowest BCUT2D eigenvalue weighted by Crippen LogP contribution is -2.25. The van der Waals surface area contributed by atoms with Crippen LogP contribution in [-0.2, 0) is 15.7 Å². The number of carbonyl (C=O) groups excluding carboxylic acids is 1. The van der Waals surface area contributed by atoms with Gasteiger partial charge in [0, 0.05) is 12.0 Å². The predicted molar refractivity (Wildman–Crippen MR) is 110 cm³/mol. The third-order valence-electron chi connectivity index (χ3n) is 5.09. The van der Waals surface area contributed by atoms with Crippen LogP contribution in [-0.4, -0.2) is 32.6 Å². The Morgan fingerprint density at radius 3 is 2.38 bits per heavy atom. The van der Waals surface area contributed by atoms with Gasteiger partial charge in [-0.2, -0.15) is 5.11 Å². The molecule has 29 heavy (non-hydrogen) atoms. The Morgan fingerprint density at radius 2 is 1.83 bits per heavy atom. The van der Waals surface area contributed by atoms with E-state index >= 15 is 0 Å². The number of nitrogens with zero attached hydrogens (tertiary/aromatic N) is 6. The highest BCUT2D eigenvalue weighted by atomic mass is 16.3. The SMILES string of the molecule is CC(C)(C)c1cc(C2(CCC=O)C=NN=N2)cc(-n2nc3ccccc3n2)c1O. The van der Waals surface area contributed by atoms with Crippen molar-refractivity contribution in [3.63, 3.8) is 0 Å². The highest BCUT2D eigenvalue weighted by Gasteiger charge is 2.36. The number of aldehydes is 1. The topological polar surface area (TPSA) is 105 Å². The Hall–Kier alpha value is -3.42. The van der Waals surface area contributed by atoms with Crippen LogP contribution >= 0.6 is 0 Å². The van der Waals surface area contributed by atoms with Gasteiger partial charge < -0.3 is 9.90 Å². The fourth-order valence-corrected chi connectivity index (χ4v) is 3.48. The largest absolute Gasteiger partial charge is 0.505 e. The second-order valence-corrected chi connectivity index (χ2v) is 8.18. The average Bonchev–Trinajstić information content (AvgIpc) is 3.33. The molecule has 3 aromatic rings. The molecule has 0 saturated carbocycles. The number of fused-ring (bicyclic) bond motifs is 1. The minimum absolute atomic E-state index is 0.110. The van der Waals surface area contributed by atoms with Gasteiger partial charge in [-0.1, -0.05) is 32.9 Å². The van der Waals surface area contributed by atoms with Gasteiger partial charge >= 0.3 is 0 Å². The van der Waals surface area contributed by atoms with Crippen molar-refractivity contribution in [2.75, 3.05) is 0 Å². The first-order valence-electron chi connectivity index (χ1n) is 9.44. The standard InChI is InChI=1S/C21H22N6O2/c1-20(2,3)15-11-14(21(9-6-10-28)13-22-26-25-21)12-18(19(15)29)27-23-16-7-4-5-8-17(16)24-27/h4-5,7-8,10-13,29H,6,9H2,1-3H3. The molecule has 8 nitrogen and oxygen atoms in total. The maximum atomic E-state index is 11.1. The molecule has 4 rings (SSSR count). The fourth-order valence-electron chi connectivity index (χ4n) is 3.48. The molecule has 0 fully saturated rings. The van der Waals surface area contributed by atoms with Gasteiger partial charge in [-0.3, -0.25) is 0 Å². The minimum atomic E-state index is -0.851. The predicted octanol–water partition coefficient (Wildman–Crippen LogP) is 4.05. The van der Waals surface area contributed by atoms with Crippen LogP contribution in [0, 0.1) is 0 Å². The summed E-state index contributed by atoms with van der Waals surface area (Å²) in [5.74, 6) is 0.110. The lowest BCUT2D eigenvalue weighted by molar-refractivity contribution is -0.108. The second kappa shape index (κ2) is 6.88. The summed E-state index contributed by atoms with van der Waals surface area (Å²) in [7, 11) is 0. The number of aromatic nitrogens is 3. The molecule has 1 atom stereocenters. The number of aromatic hydroxyl groups is 1. The summed E-state index contributed by atoms with van der Waals surface area (Å²) in [5, 5.41) is 32.2. The molecule has 1 aromatic heterocycles. The number of hydrogen-bond donors (Lipinski definition) is 1. The van der Waals surface area contributed by atoms with Crippen molar-refractivity contribution >= 4 is 23.5 Å². The van der Waals surface area contributed by atoms with Crippen LogP contribution in [0.25, 0.3) is 16.7 Å². The van der Waals surface area contributed by atoms with Crippen molar-refractivity contribution in [2.24, 2.45) is 15.4 Å². The van der Waals surface area contributed by atoms with E-state index in [1.807, 2.05) is 51.1 Å². The molecule has 148 valence electrons. The second-order valence-electron chi connectivity index (χ2n) is 8.18. The van der Waals surface area contributed by atoms with E-state index < -0.39 is 5.54 Å². The van der Waals surface area contributed by atoms with Crippen LogP contribution in [0.3, 0.4) is 0 Å². The normalized spacial score (nSPS) is 18.6. The molecule has 1 N–H and O–H groups in total. The summed E-state index contributed by atoms with van der Waals surface area (Å²) >= 11 is 0. The lowest BCUT2D eigenvalue weighted by Gasteiger charge is -2.27. The third-order valence-corrected chi connectivity index (χ3v) is 5.09. The van der Waals surface area contributed by atoms with Crippen molar-refractivity contribution in [1.82, 2.24) is 15.0 Å². The number of hydrogen-bond acceptors (Lipinski definition) is 7. The Kier molecular flexibility index (Phi) is 4.49. The molecule has 0 bridgehead atoms. The highest BCUT2D eigenvalue weighted by molar-refractivity contribution is 5.77. The van der Waals surface area contributed by atoms with Crippen molar-refractivity contribution in [2.45, 2.75) is 44.6 Å². The van der Waals surface area contributed by atoms with E-state index in [-0.39, 0.29) is 11.2 Å². The summed E-state index contributed by atoms with van der Waals surface area (Å²) in [6.45, 7) is 6.06. The van der Waals surface area contributed by atoms with Gasteiger partial charge in [-0.05, 0) is 46.9 Å². The number of phenolic OH excluding ortho intramolecular Hbond substituents is 1. The number of rotatable bonds is 5. The van der Waals surface area contributed by atoms with E-state index in [2.05, 4.69) is 25.6 Å². The zero-order chi connectivity index (χ0) is 20.6. The summed E-state index contributed by atoms with van der Waals surface area (Å²) in [5.41, 5.74) is 2.22. The van der Waals surface area contributed by atoms with Gasteiger partial charge in [-0.25, -0.2) is 0 Å². The van der Waals surface area contributed by atoms with Gasteiger partial charge in [0.1, 0.15) is 34.3 Å². The van der Waals surface area contributed by atoms with Crippen LogP contribution < -0.4 is 0 Å². The molecular weight excluding hydrogens is 368 g/mol. The molecule has 2 aromatic carbocycles. The number of benzene rings is 2. The molecule has 1 aliphatic rings. The zero-order valence-corrected chi connectivity index (χ0v) is 16.6. The van der Waals surface area contributed by atoms with Crippen molar-refractivity contribution in [1.29, 1.82) is 0 Å². The Morgan fingerprint density at radius 1 is 1.14 bits per heavy atom. The van der Waals surface area contributed by atoms with Crippen LogP contribution in [0.5, 0.6) is 5.75 Å². The quantitative estimate of drug-likeness (QED) is 0.663. The van der Waals surface area contributed by atoms with Gasteiger partial charge in [0.25, 0.3) is 0 Å². The summed E-state index contributed by atoms with van der Waals surface area (Å²) in [4.78, 5) is 12.5. The highest BCUT2D eigenvalue weighted by Crippen LogP contribution is 2.41. The minimum Gasteiger partial charge on any atom is -0.505 e. The van der Waals surface area contributed by atoms with Crippen LogP contribution in [0.15, 0.2) is 51.8 Å². The molecule has 0 spiro atoms. The van der Waals surface area contributed by atoms with E-state index in [1.165, 1.54) is 4.80 Å². The van der Waals surface area contributed by atoms with Crippen LogP contribution in [0.2, 0.25) is 0 Å². The Bertz CT molecular complexity index is 1090. The summed E-state index contributed by atoms with van der Waals surface area (Å²) in [6.07, 6.45) is 3.26. The van der Waals surface area contributed by atoms with E-state index in [4.69, 9.17) is 0 Å². The molecule has 1 unspecified atom stereocenters. The molecule has 0 aliphatic carbocycles. The number of phenols is 1. The average molecular weight is 390 g/mol. The molecule has 0 saturated heterocycles. The fraction of sp³-hybridized carbons (Fsp3) is 0.333. The first kappa shape index (κ1) is 18.9. The lowest BCUT2D eigenvalue weighted by atomic mass is 9.80. The first-order chi connectivity index (χ1) is 13.8. The maximum Gasteiger partial charge on any atom is 0.146 e. The molecule has 1 aliphatic heterocycles. The molecule has 0 radical (unpaired) electrons. The zero-order valence-electron chi connectivity index (χ0n) is 16.6. The van der Waals surface area contributed by atoms with Gasteiger partial charge in [0.15, 0.2) is 0 Å². The number of carbonyl (C=O) groups is 1. The van der Waals surface area contributed by atoms with E-state index in [0.717, 1.165) is 28.4 Å². The molecule has 2 heterocycles. The molecule has 0 amide bonds. The van der Waals surface area contributed by atoms with Gasteiger partial charge in [0.2, 0.25) is 0 Å².